The Balaban J connectivity index is 0.000000211. The molecule has 2 heterocycles. The fourth-order valence-electron chi connectivity index (χ4n) is 7.01. The van der Waals surface area contributed by atoms with Crippen molar-refractivity contribution in [1.29, 1.82) is 0 Å². The topological polar surface area (TPSA) is 25.8 Å². The third kappa shape index (κ3) is 7.67. The molecule has 1 aliphatic carbocycles. The smallest absolute Gasteiger partial charge is 0.0163 e. The molecule has 2 nitrogen and oxygen atoms in total. The van der Waals surface area contributed by atoms with E-state index in [4.69, 9.17) is 4.98 Å². The van der Waals surface area contributed by atoms with Crippen LogP contribution in [0, 0.1) is 12.1 Å². The van der Waals surface area contributed by atoms with Crippen molar-refractivity contribution in [3.63, 3.8) is 0 Å². The van der Waals surface area contributed by atoms with E-state index in [9.17, 15) is 0 Å². The first-order chi connectivity index (χ1) is 23.5. The molecule has 0 aliphatic heterocycles. The Kier molecular flexibility index (Phi) is 10.7. The number of aromatic nitrogens is 2. The largest absolute Gasteiger partial charge is 0.305 e. The Morgan fingerprint density at radius 2 is 1.22 bits per heavy atom. The predicted octanol–water partition coefficient (Wildman–Crippen LogP) is 12.8. The molecule has 0 unspecified atom stereocenters. The average molecular weight is 849 g/mol. The summed E-state index contributed by atoms with van der Waals surface area (Å²) in [5, 5.41) is 2.65. The molecule has 51 heavy (non-hydrogen) atoms. The molecule has 0 saturated carbocycles. The van der Waals surface area contributed by atoms with Crippen molar-refractivity contribution in [1.82, 2.24) is 9.97 Å². The second-order valence-electron chi connectivity index (χ2n) is 17.1. The van der Waals surface area contributed by atoms with Gasteiger partial charge in [-0.25, -0.2) is 0 Å². The summed E-state index contributed by atoms with van der Waals surface area (Å²) in [4.78, 5) is 9.21. The Bertz CT molecular complexity index is 2120. The Hall–Kier alpha value is -3.91. The van der Waals surface area contributed by atoms with Crippen LogP contribution in [-0.2, 0) is 41.8 Å². The zero-order valence-electron chi connectivity index (χ0n) is 32.2. The predicted molar refractivity (Wildman–Crippen MR) is 213 cm³/mol. The molecule has 2 aromatic heterocycles. The zero-order valence-corrected chi connectivity index (χ0v) is 34.6. The molecule has 0 bridgehead atoms. The van der Waals surface area contributed by atoms with E-state index in [2.05, 4.69) is 178 Å². The molecule has 3 heteroatoms. The maximum Gasteiger partial charge on any atom is 0.0163 e. The number of rotatable bonds is 4. The summed E-state index contributed by atoms with van der Waals surface area (Å²) >= 11 is 0. The minimum Gasteiger partial charge on any atom is -0.305 e. The van der Waals surface area contributed by atoms with Gasteiger partial charge in [-0.05, 0) is 79.1 Å². The van der Waals surface area contributed by atoms with Crippen LogP contribution < -0.4 is 0 Å². The molecule has 1 radical (unpaired) electrons. The zero-order chi connectivity index (χ0) is 36.1. The molecule has 7 rings (SSSR count). The van der Waals surface area contributed by atoms with E-state index >= 15 is 0 Å². The summed E-state index contributed by atoms with van der Waals surface area (Å²) in [6.45, 7) is 24.9. The molecule has 0 amide bonds. The Morgan fingerprint density at radius 1 is 0.627 bits per heavy atom. The summed E-state index contributed by atoms with van der Waals surface area (Å²) in [5.41, 5.74) is 13.9. The quantitative estimate of drug-likeness (QED) is 0.165. The second-order valence-corrected chi connectivity index (χ2v) is 17.1. The second kappa shape index (κ2) is 14.3. The molecule has 0 N–H and O–H groups in total. The van der Waals surface area contributed by atoms with Crippen LogP contribution in [0.15, 0.2) is 103 Å². The maximum atomic E-state index is 4.70. The molecular weight excluding hydrogens is 797 g/mol. The van der Waals surface area contributed by atoms with Gasteiger partial charge in [0.05, 0.1) is 0 Å². The molecule has 0 fully saturated rings. The minimum absolute atomic E-state index is 0. The van der Waals surface area contributed by atoms with Crippen LogP contribution in [-0.4, -0.2) is 9.97 Å². The van der Waals surface area contributed by atoms with Crippen LogP contribution in [0.3, 0.4) is 0 Å². The Labute approximate surface area is 320 Å². The van der Waals surface area contributed by atoms with Crippen LogP contribution in [0.25, 0.3) is 44.4 Å². The van der Waals surface area contributed by atoms with E-state index in [1.54, 1.807) is 0 Å². The number of hydrogen-bond acceptors (Lipinski definition) is 2. The van der Waals surface area contributed by atoms with Crippen molar-refractivity contribution >= 4 is 10.8 Å². The molecule has 265 valence electrons. The third-order valence-corrected chi connectivity index (χ3v) is 10.7. The van der Waals surface area contributed by atoms with Crippen molar-refractivity contribution in [2.24, 2.45) is 0 Å². The van der Waals surface area contributed by atoms with Crippen LogP contribution >= 0.6 is 0 Å². The number of hydrogen-bond donors (Lipinski definition) is 0. The number of benzene rings is 4. The van der Waals surface area contributed by atoms with Gasteiger partial charge in [-0.2, -0.15) is 0 Å². The number of fused-ring (bicyclic) bond motifs is 5. The van der Waals surface area contributed by atoms with Crippen molar-refractivity contribution in [2.45, 2.75) is 104 Å². The van der Waals surface area contributed by atoms with E-state index in [0.717, 1.165) is 28.9 Å². The van der Waals surface area contributed by atoms with Crippen LogP contribution in [0.4, 0.5) is 0 Å². The summed E-state index contributed by atoms with van der Waals surface area (Å²) < 4.78 is 0. The van der Waals surface area contributed by atoms with E-state index in [-0.39, 0.29) is 41.8 Å². The average Bonchev–Trinajstić information content (AvgIpc) is 3.34. The minimum atomic E-state index is -0.0598. The molecular formula is C48H52IrN2-2. The first-order valence-electron chi connectivity index (χ1n) is 18.1. The van der Waals surface area contributed by atoms with Crippen molar-refractivity contribution in [3.8, 4) is 33.6 Å². The van der Waals surface area contributed by atoms with Gasteiger partial charge >= 0.3 is 0 Å². The van der Waals surface area contributed by atoms with Gasteiger partial charge in [-0.3, -0.25) is 0 Å². The van der Waals surface area contributed by atoms with Crippen molar-refractivity contribution in [3.05, 3.63) is 143 Å². The van der Waals surface area contributed by atoms with Gasteiger partial charge in [0.1, 0.15) is 0 Å². The van der Waals surface area contributed by atoms with Gasteiger partial charge in [-0.1, -0.05) is 136 Å². The van der Waals surface area contributed by atoms with E-state index in [1.807, 2.05) is 18.5 Å². The maximum absolute atomic E-state index is 4.70. The van der Waals surface area contributed by atoms with Gasteiger partial charge in [0.15, 0.2) is 0 Å². The van der Waals surface area contributed by atoms with Crippen molar-refractivity contribution < 1.29 is 20.1 Å². The van der Waals surface area contributed by atoms with E-state index in [0.29, 0.717) is 0 Å². The summed E-state index contributed by atoms with van der Waals surface area (Å²) in [7, 11) is 0. The molecule has 6 aromatic rings. The van der Waals surface area contributed by atoms with E-state index in [1.165, 1.54) is 49.7 Å². The number of nitrogens with zero attached hydrogens (tertiary/aromatic N) is 2. The van der Waals surface area contributed by atoms with Gasteiger partial charge in [0, 0.05) is 32.5 Å². The van der Waals surface area contributed by atoms with Gasteiger partial charge in [0.25, 0.3) is 0 Å². The van der Waals surface area contributed by atoms with Crippen LogP contribution in [0.5, 0.6) is 0 Å². The first kappa shape index (κ1) is 38.3. The normalized spacial score (nSPS) is 13.5. The molecule has 1 aliphatic rings. The van der Waals surface area contributed by atoms with Gasteiger partial charge in [-0.15, -0.1) is 64.7 Å². The van der Waals surface area contributed by atoms with Crippen molar-refractivity contribution in [2.75, 3.05) is 0 Å². The third-order valence-electron chi connectivity index (χ3n) is 10.7. The molecule has 0 spiro atoms. The van der Waals surface area contributed by atoms with Crippen LogP contribution in [0.1, 0.15) is 110 Å². The summed E-state index contributed by atoms with van der Waals surface area (Å²) in [6.07, 6.45) is 4.93. The SMILES string of the molecule is CC(C)(C)c1cc[c-]c(-c2cc(C(C)(C)C)ccn2)c1.CCC(C)(C)c1ccnc(-c2[c-]cc3c(c2)C(C)(C)c2c-3ccc3ccccc23)c1.[Ir]. The summed E-state index contributed by atoms with van der Waals surface area (Å²) in [6, 6.07) is 39.6. The first-order valence-corrected chi connectivity index (χ1v) is 18.1. The Morgan fingerprint density at radius 3 is 1.86 bits per heavy atom. The van der Waals surface area contributed by atoms with E-state index < -0.39 is 0 Å². The number of pyridine rings is 2. The van der Waals surface area contributed by atoms with Gasteiger partial charge in [0.2, 0.25) is 0 Å². The summed E-state index contributed by atoms with van der Waals surface area (Å²) in [5.74, 6) is 0. The molecule has 4 aromatic carbocycles. The van der Waals surface area contributed by atoms with Gasteiger partial charge < -0.3 is 9.97 Å². The fraction of sp³-hybridized carbons (Fsp3) is 0.333. The van der Waals surface area contributed by atoms with Crippen LogP contribution in [0.2, 0.25) is 0 Å². The monoisotopic (exact) mass is 849 g/mol. The fourth-order valence-corrected chi connectivity index (χ4v) is 7.01. The standard InChI is InChI=1S/C29H28N.C19H24N.Ir/c1-6-28(2,3)21-15-16-30-26(18-21)20-12-13-23-24-14-11-19-9-7-8-10-22(19)27(24)29(4,5)25(23)17-20;1-18(2,3)15-9-7-8-14(12-15)17-13-16(10-11-20-17)19(4,5)6;/h7-11,13-18H,6H2,1-5H3;7,9-13H,1-6H3;/q2*-1;. The molecule has 0 atom stereocenters. The molecule has 0 saturated heterocycles.